The third-order valence-corrected chi connectivity index (χ3v) is 4.19. The molecule has 0 radical (unpaired) electrons. The smallest absolute Gasteiger partial charge is 0.265 e. The summed E-state index contributed by atoms with van der Waals surface area (Å²) >= 11 is 0. The van der Waals surface area contributed by atoms with Crippen LogP contribution >= 0.6 is 0 Å². The molecule has 2 aromatic carbocycles. The van der Waals surface area contributed by atoms with E-state index in [-0.39, 0.29) is 11.3 Å². The number of aryl methyl sites for hydroxylation is 2. The summed E-state index contributed by atoms with van der Waals surface area (Å²) < 4.78 is 1.41. The number of carbonyl (C=O) groups is 1. The number of fused-ring (bicyclic) bond motifs is 1. The first-order valence-electron chi connectivity index (χ1n) is 7.20. The summed E-state index contributed by atoms with van der Waals surface area (Å²) in [5.41, 5.74) is 14.6. The first kappa shape index (κ1) is 14.8. The van der Waals surface area contributed by atoms with Gasteiger partial charge in [0.1, 0.15) is 5.56 Å². The van der Waals surface area contributed by atoms with E-state index in [1.807, 2.05) is 49.4 Å². The molecule has 5 nitrogen and oxygen atoms in total. The molecule has 0 saturated carbocycles. The summed E-state index contributed by atoms with van der Waals surface area (Å²) in [4.78, 5) is 23.9. The number of nitrogen functional groups attached to an aromatic ring is 1. The fourth-order valence-corrected chi connectivity index (χ4v) is 3.00. The molecule has 1 amide bonds. The van der Waals surface area contributed by atoms with Crippen LogP contribution in [0.4, 0.5) is 5.69 Å². The summed E-state index contributed by atoms with van der Waals surface area (Å²) in [6, 6.07) is 13.7. The molecule has 0 atom stereocenters. The van der Waals surface area contributed by atoms with Crippen molar-refractivity contribution in [3.63, 3.8) is 0 Å². The second-order valence-corrected chi connectivity index (χ2v) is 5.52. The molecule has 5 heteroatoms. The third-order valence-electron chi connectivity index (χ3n) is 4.19. The molecular weight excluding hydrogens is 290 g/mol. The van der Waals surface area contributed by atoms with Crippen LogP contribution in [0.2, 0.25) is 0 Å². The highest BCUT2D eigenvalue weighted by Crippen LogP contribution is 2.33. The monoisotopic (exact) mass is 307 g/mol. The van der Waals surface area contributed by atoms with Crippen molar-refractivity contribution in [2.45, 2.75) is 6.92 Å². The fourth-order valence-electron chi connectivity index (χ4n) is 3.00. The number of rotatable bonds is 2. The van der Waals surface area contributed by atoms with Crippen LogP contribution in [0.3, 0.4) is 0 Å². The second-order valence-electron chi connectivity index (χ2n) is 5.52. The van der Waals surface area contributed by atoms with Crippen LogP contribution in [0.1, 0.15) is 15.9 Å². The predicted octanol–water partition coefficient (Wildman–Crippen LogP) is 2.20. The van der Waals surface area contributed by atoms with Gasteiger partial charge in [0.05, 0.1) is 11.2 Å². The van der Waals surface area contributed by atoms with Gasteiger partial charge >= 0.3 is 0 Å². The van der Waals surface area contributed by atoms with Crippen molar-refractivity contribution in [1.82, 2.24) is 4.57 Å². The largest absolute Gasteiger partial charge is 0.397 e. The highest BCUT2D eigenvalue weighted by atomic mass is 16.2. The van der Waals surface area contributed by atoms with Gasteiger partial charge in [0.15, 0.2) is 0 Å². The first-order valence-corrected chi connectivity index (χ1v) is 7.20. The van der Waals surface area contributed by atoms with E-state index in [1.54, 1.807) is 7.05 Å². The summed E-state index contributed by atoms with van der Waals surface area (Å²) in [6.07, 6.45) is 0. The molecule has 0 aliphatic heterocycles. The molecule has 0 unspecified atom stereocenters. The van der Waals surface area contributed by atoms with E-state index < -0.39 is 11.5 Å². The van der Waals surface area contributed by atoms with Gasteiger partial charge < -0.3 is 16.0 Å². The van der Waals surface area contributed by atoms with E-state index in [0.29, 0.717) is 10.9 Å². The number of amides is 1. The van der Waals surface area contributed by atoms with Crippen molar-refractivity contribution in [3.8, 4) is 11.1 Å². The Hall–Kier alpha value is -3.08. The zero-order valence-corrected chi connectivity index (χ0v) is 13.0. The molecule has 23 heavy (non-hydrogen) atoms. The highest BCUT2D eigenvalue weighted by molar-refractivity contribution is 6.08. The SMILES string of the molecule is Cc1c(-c2ccccc2)ccc2c1c(N)c(C(N)=O)c(=O)n2C. The topological polar surface area (TPSA) is 91.1 Å². The van der Waals surface area contributed by atoms with Gasteiger partial charge in [-0.15, -0.1) is 0 Å². The van der Waals surface area contributed by atoms with Crippen molar-refractivity contribution in [1.29, 1.82) is 0 Å². The molecule has 4 N–H and O–H groups in total. The lowest BCUT2D eigenvalue weighted by Gasteiger charge is -2.16. The van der Waals surface area contributed by atoms with Gasteiger partial charge in [-0.2, -0.15) is 0 Å². The van der Waals surface area contributed by atoms with Crippen molar-refractivity contribution in [2.75, 3.05) is 5.73 Å². The molecule has 1 aromatic heterocycles. The molecule has 3 aromatic rings. The Morgan fingerprint density at radius 2 is 1.74 bits per heavy atom. The number of benzene rings is 2. The van der Waals surface area contributed by atoms with Crippen LogP contribution in [0.5, 0.6) is 0 Å². The Morgan fingerprint density at radius 3 is 2.35 bits per heavy atom. The number of pyridine rings is 1. The average molecular weight is 307 g/mol. The van der Waals surface area contributed by atoms with Crippen molar-refractivity contribution < 1.29 is 4.79 Å². The van der Waals surface area contributed by atoms with Gasteiger partial charge in [0, 0.05) is 12.4 Å². The minimum atomic E-state index is -0.811. The van der Waals surface area contributed by atoms with E-state index in [9.17, 15) is 9.59 Å². The molecule has 0 spiro atoms. The molecule has 0 fully saturated rings. The van der Waals surface area contributed by atoms with Gasteiger partial charge in [-0.25, -0.2) is 0 Å². The van der Waals surface area contributed by atoms with Crippen LogP contribution in [0.15, 0.2) is 47.3 Å². The molecule has 116 valence electrons. The number of carbonyl (C=O) groups excluding carboxylic acids is 1. The summed E-state index contributed by atoms with van der Waals surface area (Å²) in [5, 5.41) is 0.683. The van der Waals surface area contributed by atoms with Crippen LogP contribution in [-0.4, -0.2) is 10.5 Å². The van der Waals surface area contributed by atoms with E-state index >= 15 is 0 Å². The second kappa shape index (κ2) is 5.28. The maximum atomic E-state index is 12.3. The minimum Gasteiger partial charge on any atom is -0.397 e. The number of hydrogen-bond donors (Lipinski definition) is 2. The molecule has 3 rings (SSSR count). The molecule has 0 aliphatic carbocycles. The molecule has 1 heterocycles. The zero-order chi connectivity index (χ0) is 16.7. The molecule has 0 bridgehead atoms. The van der Waals surface area contributed by atoms with Crippen LogP contribution < -0.4 is 17.0 Å². The lowest BCUT2D eigenvalue weighted by atomic mass is 9.95. The number of nitrogens with two attached hydrogens (primary N) is 2. The lowest BCUT2D eigenvalue weighted by molar-refractivity contribution is 0.0999. The maximum absolute atomic E-state index is 12.3. The Morgan fingerprint density at radius 1 is 1.09 bits per heavy atom. The Bertz CT molecular complexity index is 989. The molecule has 0 saturated heterocycles. The van der Waals surface area contributed by atoms with Crippen molar-refractivity contribution in [3.05, 3.63) is 63.9 Å². The van der Waals surface area contributed by atoms with Crippen molar-refractivity contribution in [2.24, 2.45) is 12.8 Å². The van der Waals surface area contributed by atoms with Crippen LogP contribution in [-0.2, 0) is 7.05 Å². The molecular formula is C18H17N3O2. The number of primary amides is 1. The number of anilines is 1. The van der Waals surface area contributed by atoms with Crippen LogP contribution in [0.25, 0.3) is 22.0 Å². The zero-order valence-electron chi connectivity index (χ0n) is 13.0. The standard InChI is InChI=1S/C18H17N3O2/c1-10-12(11-6-4-3-5-7-11)8-9-13-14(10)16(19)15(17(20)22)18(23)21(13)2/h3-9H,19H2,1-2H3,(H2,20,22). The minimum absolute atomic E-state index is 0.144. The summed E-state index contributed by atoms with van der Waals surface area (Å²) in [5.74, 6) is -0.811. The Labute approximate surface area is 133 Å². The number of nitrogens with zero attached hydrogens (tertiary/aromatic N) is 1. The maximum Gasteiger partial charge on any atom is 0.265 e. The first-order chi connectivity index (χ1) is 10.9. The van der Waals surface area contributed by atoms with Crippen LogP contribution in [0, 0.1) is 6.92 Å². The predicted molar refractivity (Wildman–Crippen MR) is 92.3 cm³/mol. The van der Waals surface area contributed by atoms with E-state index in [2.05, 4.69) is 0 Å². The van der Waals surface area contributed by atoms with Gasteiger partial charge in [-0.05, 0) is 29.7 Å². The average Bonchev–Trinajstić information content (AvgIpc) is 2.53. The number of hydrogen-bond acceptors (Lipinski definition) is 3. The lowest BCUT2D eigenvalue weighted by Crippen LogP contribution is -2.30. The fraction of sp³-hybridized carbons (Fsp3) is 0.111. The Kier molecular flexibility index (Phi) is 3.41. The number of aromatic nitrogens is 1. The highest BCUT2D eigenvalue weighted by Gasteiger charge is 2.19. The summed E-state index contributed by atoms with van der Waals surface area (Å²) in [7, 11) is 1.61. The van der Waals surface area contributed by atoms with E-state index in [0.717, 1.165) is 16.7 Å². The van der Waals surface area contributed by atoms with Gasteiger partial charge in [-0.3, -0.25) is 9.59 Å². The van der Waals surface area contributed by atoms with Gasteiger partial charge in [0.25, 0.3) is 11.5 Å². The Balaban J connectivity index is 2.47. The quantitative estimate of drug-likeness (QED) is 0.760. The van der Waals surface area contributed by atoms with E-state index in [1.165, 1.54) is 4.57 Å². The normalized spacial score (nSPS) is 10.9. The van der Waals surface area contributed by atoms with Gasteiger partial charge in [0.2, 0.25) is 0 Å². The van der Waals surface area contributed by atoms with Gasteiger partial charge in [-0.1, -0.05) is 36.4 Å². The third kappa shape index (κ3) is 2.17. The molecule has 0 aliphatic rings. The van der Waals surface area contributed by atoms with Crippen molar-refractivity contribution >= 4 is 22.5 Å². The van der Waals surface area contributed by atoms with E-state index in [4.69, 9.17) is 11.5 Å². The summed E-state index contributed by atoms with van der Waals surface area (Å²) in [6.45, 7) is 1.93.